The Morgan fingerprint density at radius 3 is 2.93 bits per heavy atom. The molecular formula is C10H18BrN3. The second-order valence-electron chi connectivity index (χ2n) is 3.53. The summed E-state index contributed by atoms with van der Waals surface area (Å²) >= 11 is 3.39. The van der Waals surface area contributed by atoms with Crippen LogP contribution in [0.2, 0.25) is 0 Å². The van der Waals surface area contributed by atoms with Crippen LogP contribution in [-0.2, 0) is 0 Å². The highest BCUT2D eigenvalue weighted by molar-refractivity contribution is 9.10. The number of rotatable bonds is 6. The molecular weight excluding hydrogens is 242 g/mol. The molecule has 0 radical (unpaired) electrons. The van der Waals surface area contributed by atoms with E-state index >= 15 is 0 Å². The van der Waals surface area contributed by atoms with Gasteiger partial charge in [-0.05, 0) is 48.8 Å². The Hall–Kier alpha value is -0.350. The molecule has 0 saturated heterocycles. The van der Waals surface area contributed by atoms with Gasteiger partial charge in [-0.15, -0.1) is 0 Å². The van der Waals surface area contributed by atoms with Crippen LogP contribution in [0.4, 0.5) is 0 Å². The van der Waals surface area contributed by atoms with Crippen molar-refractivity contribution in [3.05, 3.63) is 16.9 Å². The molecule has 0 aliphatic carbocycles. The number of hydrogen-bond acceptors (Lipinski definition) is 2. The Kier molecular flexibility index (Phi) is 5.19. The van der Waals surface area contributed by atoms with E-state index in [9.17, 15) is 0 Å². The van der Waals surface area contributed by atoms with Crippen LogP contribution in [0.15, 0.2) is 16.9 Å². The predicted octanol–water partition coefficient (Wildman–Crippen LogP) is 2.60. The Morgan fingerprint density at radius 1 is 1.57 bits per heavy atom. The van der Waals surface area contributed by atoms with E-state index in [0.29, 0.717) is 6.04 Å². The van der Waals surface area contributed by atoms with Crippen molar-refractivity contribution in [2.75, 3.05) is 13.1 Å². The molecule has 1 heterocycles. The van der Waals surface area contributed by atoms with E-state index in [1.54, 1.807) is 0 Å². The molecule has 1 unspecified atom stereocenters. The van der Waals surface area contributed by atoms with Gasteiger partial charge in [-0.25, -0.2) is 0 Å². The topological polar surface area (TPSA) is 29.9 Å². The van der Waals surface area contributed by atoms with Crippen molar-refractivity contribution in [2.24, 2.45) is 0 Å². The first-order chi connectivity index (χ1) is 6.74. The standard InChI is InChI=1S/C10H18BrN3/c1-3-5-12-6-4-9(2)14-8-10(11)7-13-14/h7-9,12H,3-6H2,1-2H3. The van der Waals surface area contributed by atoms with Gasteiger partial charge in [-0.3, -0.25) is 4.68 Å². The lowest BCUT2D eigenvalue weighted by atomic mass is 10.2. The first-order valence-electron chi connectivity index (χ1n) is 5.14. The number of hydrogen-bond donors (Lipinski definition) is 1. The quantitative estimate of drug-likeness (QED) is 0.797. The molecule has 0 spiro atoms. The molecule has 1 N–H and O–H groups in total. The molecule has 0 amide bonds. The van der Waals surface area contributed by atoms with Crippen molar-refractivity contribution in [1.82, 2.24) is 15.1 Å². The van der Waals surface area contributed by atoms with Crippen molar-refractivity contribution in [3.8, 4) is 0 Å². The van der Waals surface area contributed by atoms with Crippen LogP contribution in [0.1, 0.15) is 32.7 Å². The summed E-state index contributed by atoms with van der Waals surface area (Å²) in [5.74, 6) is 0. The average Bonchev–Trinajstić information content (AvgIpc) is 2.59. The zero-order valence-electron chi connectivity index (χ0n) is 8.83. The van der Waals surface area contributed by atoms with Gasteiger partial charge in [0.15, 0.2) is 0 Å². The maximum absolute atomic E-state index is 4.26. The van der Waals surface area contributed by atoms with Crippen LogP contribution < -0.4 is 5.32 Å². The average molecular weight is 260 g/mol. The monoisotopic (exact) mass is 259 g/mol. The first kappa shape index (κ1) is 11.7. The lowest BCUT2D eigenvalue weighted by Crippen LogP contribution is -2.19. The van der Waals surface area contributed by atoms with Crippen LogP contribution in [0.5, 0.6) is 0 Å². The molecule has 0 aliphatic heterocycles. The Labute approximate surface area is 94.0 Å². The van der Waals surface area contributed by atoms with Gasteiger partial charge in [0.1, 0.15) is 0 Å². The van der Waals surface area contributed by atoms with Gasteiger partial charge in [-0.1, -0.05) is 6.92 Å². The molecule has 0 aromatic carbocycles. The molecule has 1 rings (SSSR count). The van der Waals surface area contributed by atoms with Crippen molar-refractivity contribution in [3.63, 3.8) is 0 Å². The third kappa shape index (κ3) is 3.80. The van der Waals surface area contributed by atoms with Crippen molar-refractivity contribution < 1.29 is 0 Å². The molecule has 1 aromatic heterocycles. The fraction of sp³-hybridized carbons (Fsp3) is 0.700. The van der Waals surface area contributed by atoms with Crippen LogP contribution in [0, 0.1) is 0 Å². The van der Waals surface area contributed by atoms with E-state index < -0.39 is 0 Å². The van der Waals surface area contributed by atoms with E-state index in [2.05, 4.69) is 40.2 Å². The van der Waals surface area contributed by atoms with E-state index in [1.807, 2.05) is 17.1 Å². The van der Waals surface area contributed by atoms with Crippen LogP contribution >= 0.6 is 15.9 Å². The lowest BCUT2D eigenvalue weighted by Gasteiger charge is -2.12. The summed E-state index contributed by atoms with van der Waals surface area (Å²) in [6, 6.07) is 0.464. The van der Waals surface area contributed by atoms with E-state index in [0.717, 1.165) is 24.0 Å². The molecule has 1 atom stereocenters. The van der Waals surface area contributed by atoms with Crippen LogP contribution in [0.3, 0.4) is 0 Å². The molecule has 0 saturated carbocycles. The fourth-order valence-electron chi connectivity index (χ4n) is 1.30. The Bertz CT molecular complexity index is 260. The summed E-state index contributed by atoms with van der Waals surface area (Å²) in [5.41, 5.74) is 0. The number of nitrogens with one attached hydrogen (secondary N) is 1. The Morgan fingerprint density at radius 2 is 2.36 bits per heavy atom. The second-order valence-corrected chi connectivity index (χ2v) is 4.44. The van der Waals surface area contributed by atoms with Gasteiger partial charge in [0.25, 0.3) is 0 Å². The van der Waals surface area contributed by atoms with Gasteiger partial charge >= 0.3 is 0 Å². The second kappa shape index (κ2) is 6.19. The normalized spacial score (nSPS) is 13.1. The van der Waals surface area contributed by atoms with Crippen LogP contribution in [0.25, 0.3) is 0 Å². The van der Waals surface area contributed by atoms with Crippen molar-refractivity contribution in [2.45, 2.75) is 32.7 Å². The molecule has 0 aliphatic rings. The summed E-state index contributed by atoms with van der Waals surface area (Å²) in [4.78, 5) is 0. The maximum atomic E-state index is 4.26. The molecule has 3 nitrogen and oxygen atoms in total. The molecule has 0 fully saturated rings. The maximum Gasteiger partial charge on any atom is 0.0632 e. The van der Waals surface area contributed by atoms with E-state index in [1.165, 1.54) is 6.42 Å². The summed E-state index contributed by atoms with van der Waals surface area (Å²) in [7, 11) is 0. The number of halogens is 1. The van der Waals surface area contributed by atoms with E-state index in [-0.39, 0.29) is 0 Å². The highest BCUT2D eigenvalue weighted by Gasteiger charge is 2.04. The largest absolute Gasteiger partial charge is 0.317 e. The van der Waals surface area contributed by atoms with Gasteiger partial charge in [0.2, 0.25) is 0 Å². The first-order valence-corrected chi connectivity index (χ1v) is 5.93. The van der Waals surface area contributed by atoms with Crippen molar-refractivity contribution >= 4 is 15.9 Å². The third-order valence-corrected chi connectivity index (χ3v) is 2.60. The van der Waals surface area contributed by atoms with Gasteiger partial charge < -0.3 is 5.32 Å². The van der Waals surface area contributed by atoms with Gasteiger partial charge in [-0.2, -0.15) is 5.10 Å². The molecule has 1 aromatic rings. The zero-order valence-corrected chi connectivity index (χ0v) is 10.4. The smallest absolute Gasteiger partial charge is 0.0632 e. The summed E-state index contributed by atoms with van der Waals surface area (Å²) < 4.78 is 3.04. The minimum atomic E-state index is 0.464. The Balaban J connectivity index is 2.25. The molecule has 80 valence electrons. The minimum Gasteiger partial charge on any atom is -0.317 e. The highest BCUT2D eigenvalue weighted by Crippen LogP contribution is 2.13. The third-order valence-electron chi connectivity index (χ3n) is 2.19. The number of aromatic nitrogens is 2. The zero-order chi connectivity index (χ0) is 10.4. The number of nitrogens with zero attached hydrogens (tertiary/aromatic N) is 2. The molecule has 4 heteroatoms. The van der Waals surface area contributed by atoms with E-state index in [4.69, 9.17) is 0 Å². The summed E-state index contributed by atoms with van der Waals surface area (Å²) in [6.07, 6.45) is 6.16. The predicted molar refractivity (Wildman–Crippen MR) is 62.4 cm³/mol. The summed E-state index contributed by atoms with van der Waals surface area (Å²) in [6.45, 7) is 6.54. The summed E-state index contributed by atoms with van der Waals surface area (Å²) in [5, 5.41) is 7.65. The van der Waals surface area contributed by atoms with Gasteiger partial charge in [0, 0.05) is 6.20 Å². The molecule has 0 bridgehead atoms. The highest BCUT2D eigenvalue weighted by atomic mass is 79.9. The van der Waals surface area contributed by atoms with Crippen LogP contribution in [-0.4, -0.2) is 22.9 Å². The van der Waals surface area contributed by atoms with Crippen molar-refractivity contribution in [1.29, 1.82) is 0 Å². The molecule has 14 heavy (non-hydrogen) atoms. The van der Waals surface area contributed by atoms with Gasteiger partial charge in [0.05, 0.1) is 16.7 Å². The SMILES string of the molecule is CCCNCCC(C)n1cc(Br)cn1. The minimum absolute atomic E-state index is 0.464. The lowest BCUT2D eigenvalue weighted by molar-refractivity contribution is 0.444. The fourth-order valence-corrected chi connectivity index (χ4v) is 1.60.